The van der Waals surface area contributed by atoms with Crippen LogP contribution in [0, 0.1) is 34.0 Å². The summed E-state index contributed by atoms with van der Waals surface area (Å²) >= 11 is 0. The molecule has 0 aliphatic heterocycles. The number of ketones is 4. The van der Waals surface area contributed by atoms with E-state index in [4.69, 9.17) is 0 Å². The van der Waals surface area contributed by atoms with Gasteiger partial charge < -0.3 is 0 Å². The molecule has 4 rings (SSSR count). The van der Waals surface area contributed by atoms with E-state index in [0.29, 0.717) is 43.4 Å². The lowest BCUT2D eigenvalue weighted by Gasteiger charge is -2.59. The standard InChI is InChI=1S/C43H70O4/c1-5-7-8-9-10-11-12-13-14-15-16-17-18-19-20-22-39(46)43(40(47)32-34(44)21-6-2)30-27-38-36-24-23-33-31-35(45)25-28-41(33,3)37(36)26-29-42(38,43)4/h31,36-38H,5-30,32H2,1-4H3/t36-,37+,38+,41+,42+,43+/m1/s1. The molecule has 0 heterocycles. The topological polar surface area (TPSA) is 68.3 Å². The summed E-state index contributed by atoms with van der Waals surface area (Å²) in [5.74, 6) is 1.72. The van der Waals surface area contributed by atoms with E-state index in [9.17, 15) is 19.2 Å². The number of hydrogen-bond donors (Lipinski definition) is 0. The highest BCUT2D eigenvalue weighted by Crippen LogP contribution is 2.70. The van der Waals surface area contributed by atoms with Crippen molar-refractivity contribution in [1.29, 1.82) is 0 Å². The summed E-state index contributed by atoms with van der Waals surface area (Å²) in [6.07, 6.45) is 30.0. The van der Waals surface area contributed by atoms with Gasteiger partial charge in [0, 0.05) is 19.3 Å². The zero-order valence-electron chi connectivity index (χ0n) is 31.0. The van der Waals surface area contributed by atoms with Crippen LogP contribution in [0.4, 0.5) is 0 Å². The summed E-state index contributed by atoms with van der Waals surface area (Å²) in [7, 11) is 0. The van der Waals surface area contributed by atoms with Crippen LogP contribution in [0.2, 0.25) is 0 Å². The van der Waals surface area contributed by atoms with Crippen LogP contribution in [-0.4, -0.2) is 23.1 Å². The van der Waals surface area contributed by atoms with E-state index in [1.807, 2.05) is 13.0 Å². The van der Waals surface area contributed by atoms with Gasteiger partial charge in [0.05, 0.1) is 11.8 Å². The maximum absolute atomic E-state index is 14.5. The summed E-state index contributed by atoms with van der Waals surface area (Å²) in [6.45, 7) is 8.92. The van der Waals surface area contributed by atoms with Crippen molar-refractivity contribution in [2.75, 3.05) is 0 Å². The van der Waals surface area contributed by atoms with Crippen molar-refractivity contribution in [3.05, 3.63) is 11.6 Å². The zero-order chi connectivity index (χ0) is 33.9. The lowest BCUT2D eigenvalue weighted by Crippen LogP contribution is -2.57. The molecule has 0 aromatic carbocycles. The molecule has 4 aliphatic rings. The molecule has 47 heavy (non-hydrogen) atoms. The smallest absolute Gasteiger partial charge is 0.155 e. The fourth-order valence-corrected chi connectivity index (χ4v) is 11.2. The van der Waals surface area contributed by atoms with Gasteiger partial charge in [-0.3, -0.25) is 19.2 Å². The lowest BCUT2D eigenvalue weighted by atomic mass is 9.44. The number of hydrogen-bond acceptors (Lipinski definition) is 4. The van der Waals surface area contributed by atoms with Crippen LogP contribution in [0.15, 0.2) is 11.6 Å². The maximum Gasteiger partial charge on any atom is 0.155 e. The number of unbranched alkanes of at least 4 members (excludes halogenated alkanes) is 14. The number of carbonyl (C=O) groups excluding carboxylic acids is 4. The molecular formula is C43H70O4. The molecule has 3 saturated carbocycles. The summed E-state index contributed by atoms with van der Waals surface area (Å²) in [5.41, 5.74) is 0.0597. The molecule has 6 atom stereocenters. The Kier molecular flexibility index (Phi) is 14.5. The van der Waals surface area contributed by atoms with Crippen LogP contribution < -0.4 is 0 Å². The highest BCUT2D eigenvalue weighted by atomic mass is 16.2. The molecular weight excluding hydrogens is 580 g/mol. The molecule has 0 spiro atoms. The maximum atomic E-state index is 14.5. The Bertz CT molecular complexity index is 1100. The van der Waals surface area contributed by atoms with E-state index in [1.54, 1.807) is 0 Å². The molecule has 0 amide bonds. The van der Waals surface area contributed by atoms with Crippen LogP contribution >= 0.6 is 0 Å². The van der Waals surface area contributed by atoms with E-state index in [-0.39, 0.29) is 40.4 Å². The van der Waals surface area contributed by atoms with Crippen molar-refractivity contribution in [1.82, 2.24) is 0 Å². The lowest BCUT2D eigenvalue weighted by molar-refractivity contribution is -0.156. The molecule has 0 radical (unpaired) electrons. The Balaban J connectivity index is 1.31. The van der Waals surface area contributed by atoms with E-state index >= 15 is 0 Å². The van der Waals surface area contributed by atoms with Crippen molar-refractivity contribution in [2.45, 2.75) is 201 Å². The normalized spacial score (nSPS) is 31.5. The highest BCUT2D eigenvalue weighted by Gasteiger charge is 2.68. The van der Waals surface area contributed by atoms with Gasteiger partial charge in [-0.15, -0.1) is 0 Å². The number of fused-ring (bicyclic) bond motifs is 5. The second-order valence-electron chi connectivity index (χ2n) is 16.9. The van der Waals surface area contributed by atoms with E-state index in [1.165, 1.54) is 89.0 Å². The van der Waals surface area contributed by atoms with Crippen molar-refractivity contribution in [3.63, 3.8) is 0 Å². The number of rotatable bonds is 22. The quantitative estimate of drug-likeness (QED) is 0.0863. The number of allylic oxidation sites excluding steroid dienone is 1. The molecule has 3 fully saturated rings. The molecule has 0 saturated heterocycles. The molecule has 4 aliphatic carbocycles. The Morgan fingerprint density at radius 2 is 1.21 bits per heavy atom. The van der Waals surface area contributed by atoms with Gasteiger partial charge in [-0.2, -0.15) is 0 Å². The Hall–Kier alpha value is -1.58. The fraction of sp³-hybridized carbons (Fsp3) is 0.860. The van der Waals surface area contributed by atoms with E-state index < -0.39 is 5.41 Å². The van der Waals surface area contributed by atoms with Gasteiger partial charge >= 0.3 is 0 Å². The predicted molar refractivity (Wildman–Crippen MR) is 193 cm³/mol. The predicted octanol–water partition coefficient (Wildman–Crippen LogP) is 11.7. The summed E-state index contributed by atoms with van der Waals surface area (Å²) in [4.78, 5) is 53.9. The summed E-state index contributed by atoms with van der Waals surface area (Å²) < 4.78 is 0. The first-order valence-corrected chi connectivity index (χ1v) is 20.5. The zero-order valence-corrected chi connectivity index (χ0v) is 31.0. The van der Waals surface area contributed by atoms with Gasteiger partial charge in [0.2, 0.25) is 0 Å². The van der Waals surface area contributed by atoms with Gasteiger partial charge in [0.1, 0.15) is 11.6 Å². The Morgan fingerprint density at radius 3 is 1.81 bits per heavy atom. The molecule has 0 aromatic heterocycles. The minimum atomic E-state index is -0.998. The van der Waals surface area contributed by atoms with Crippen LogP contribution in [0.25, 0.3) is 0 Å². The van der Waals surface area contributed by atoms with Crippen molar-refractivity contribution in [2.24, 2.45) is 34.0 Å². The first-order valence-electron chi connectivity index (χ1n) is 20.5. The van der Waals surface area contributed by atoms with Crippen molar-refractivity contribution in [3.8, 4) is 0 Å². The van der Waals surface area contributed by atoms with Crippen LogP contribution in [-0.2, 0) is 19.2 Å². The third-order valence-electron chi connectivity index (χ3n) is 14.0. The van der Waals surface area contributed by atoms with E-state index in [2.05, 4.69) is 20.8 Å². The fourth-order valence-electron chi connectivity index (χ4n) is 11.2. The highest BCUT2D eigenvalue weighted by molar-refractivity contribution is 6.14. The Morgan fingerprint density at radius 1 is 0.638 bits per heavy atom. The number of carbonyl (C=O) groups is 4. The molecule has 0 unspecified atom stereocenters. The first kappa shape index (κ1) is 38.2. The van der Waals surface area contributed by atoms with Crippen LogP contribution in [0.1, 0.15) is 201 Å². The molecule has 266 valence electrons. The molecule has 0 N–H and O–H groups in total. The minimum absolute atomic E-state index is 0.00390. The van der Waals surface area contributed by atoms with Gasteiger partial charge in [0.15, 0.2) is 11.6 Å². The molecule has 0 bridgehead atoms. The van der Waals surface area contributed by atoms with Crippen molar-refractivity contribution >= 4 is 23.1 Å². The molecule has 0 aromatic rings. The van der Waals surface area contributed by atoms with Gasteiger partial charge in [-0.1, -0.05) is 123 Å². The monoisotopic (exact) mass is 651 g/mol. The third kappa shape index (κ3) is 8.60. The molecule has 4 nitrogen and oxygen atoms in total. The van der Waals surface area contributed by atoms with E-state index in [0.717, 1.165) is 57.8 Å². The van der Waals surface area contributed by atoms with Crippen LogP contribution in [0.5, 0.6) is 0 Å². The Labute approximate surface area is 288 Å². The SMILES string of the molecule is CCCCCCCCCCCCCCCCCC(=O)[C@]1(C(=O)CC(=O)CCC)CC[C@H]2[C@@H]3CCC4=CC(=O)CC[C@]4(C)[C@H]3CC[C@@]21C. The number of Topliss-reactive ketones (excluding diaryl/α,β-unsaturated/α-hetero) is 3. The van der Waals surface area contributed by atoms with Crippen LogP contribution in [0.3, 0.4) is 0 Å². The summed E-state index contributed by atoms with van der Waals surface area (Å²) in [6, 6.07) is 0. The largest absolute Gasteiger partial charge is 0.299 e. The molecule has 4 heteroatoms. The average molecular weight is 651 g/mol. The average Bonchev–Trinajstić information content (AvgIpc) is 3.37. The summed E-state index contributed by atoms with van der Waals surface area (Å²) in [5, 5.41) is 0. The minimum Gasteiger partial charge on any atom is -0.299 e. The second kappa shape index (κ2) is 17.9. The third-order valence-corrected chi connectivity index (χ3v) is 14.0. The second-order valence-corrected chi connectivity index (χ2v) is 16.9. The van der Waals surface area contributed by atoms with Gasteiger partial charge in [-0.25, -0.2) is 0 Å². The van der Waals surface area contributed by atoms with Gasteiger partial charge in [-0.05, 0) is 92.4 Å². The van der Waals surface area contributed by atoms with Gasteiger partial charge in [0.25, 0.3) is 0 Å². The van der Waals surface area contributed by atoms with Crippen molar-refractivity contribution < 1.29 is 19.2 Å². The first-order chi connectivity index (χ1) is 22.6.